The van der Waals surface area contributed by atoms with Crippen LogP contribution in [0.1, 0.15) is 5.56 Å². The minimum Gasteiger partial charge on any atom is -0.481 e. The Bertz CT molecular complexity index is 599. The predicted octanol–water partition coefficient (Wildman–Crippen LogP) is 4.83. The molecule has 0 unspecified atom stereocenters. The van der Waals surface area contributed by atoms with Crippen LogP contribution in [-0.2, 0) is 11.2 Å². The fourth-order valence-corrected chi connectivity index (χ4v) is 3.99. The van der Waals surface area contributed by atoms with Gasteiger partial charge in [-0.05, 0) is 58.5 Å². The van der Waals surface area contributed by atoms with Gasteiger partial charge in [0.05, 0.1) is 6.42 Å². The molecule has 5 heteroatoms. The number of benzene rings is 2. The molecule has 0 saturated carbocycles. The van der Waals surface area contributed by atoms with E-state index < -0.39 is 5.97 Å². The largest absolute Gasteiger partial charge is 0.481 e. The minimum absolute atomic E-state index is 0.0702. The molecular formula is C14H10BrIO2S. The van der Waals surface area contributed by atoms with Gasteiger partial charge in [0, 0.05) is 17.8 Å². The average Bonchev–Trinajstić information content (AvgIpc) is 2.34. The summed E-state index contributed by atoms with van der Waals surface area (Å²) in [5.74, 6) is -0.803. The molecule has 0 amide bonds. The van der Waals surface area contributed by atoms with Crippen molar-refractivity contribution in [1.82, 2.24) is 0 Å². The second kappa shape index (κ2) is 6.76. The van der Waals surface area contributed by atoms with E-state index in [0.29, 0.717) is 0 Å². The Morgan fingerprint density at radius 1 is 1.21 bits per heavy atom. The minimum atomic E-state index is -0.803. The lowest BCUT2D eigenvalue weighted by Crippen LogP contribution is -1.99. The highest BCUT2D eigenvalue weighted by Gasteiger charge is 2.04. The summed E-state index contributed by atoms with van der Waals surface area (Å²) in [5.41, 5.74) is 0.822. The number of halogens is 2. The topological polar surface area (TPSA) is 37.3 Å². The fourth-order valence-electron chi connectivity index (χ4n) is 1.53. The number of hydrogen-bond acceptors (Lipinski definition) is 2. The Hall–Kier alpha value is -0.530. The van der Waals surface area contributed by atoms with Gasteiger partial charge in [0.1, 0.15) is 0 Å². The molecule has 0 aliphatic heterocycles. The summed E-state index contributed by atoms with van der Waals surface area (Å²) in [4.78, 5) is 12.9. The second-order valence-electron chi connectivity index (χ2n) is 3.89. The highest BCUT2D eigenvalue weighted by atomic mass is 127. The zero-order valence-electron chi connectivity index (χ0n) is 9.77. The summed E-state index contributed by atoms with van der Waals surface area (Å²) in [6.45, 7) is 0. The first-order valence-corrected chi connectivity index (χ1v) is 8.17. The van der Waals surface area contributed by atoms with E-state index in [-0.39, 0.29) is 6.42 Å². The van der Waals surface area contributed by atoms with Crippen LogP contribution in [0.5, 0.6) is 0 Å². The van der Waals surface area contributed by atoms with Crippen molar-refractivity contribution in [3.8, 4) is 0 Å². The Morgan fingerprint density at radius 3 is 2.47 bits per heavy atom. The third-order valence-corrected chi connectivity index (χ3v) is 5.24. The van der Waals surface area contributed by atoms with E-state index in [1.165, 1.54) is 8.47 Å². The highest BCUT2D eigenvalue weighted by molar-refractivity contribution is 14.1. The molecule has 0 heterocycles. The number of carboxylic acids is 1. The lowest BCUT2D eigenvalue weighted by molar-refractivity contribution is -0.136. The first kappa shape index (κ1) is 14.9. The van der Waals surface area contributed by atoms with Crippen LogP contribution in [0.2, 0.25) is 0 Å². The second-order valence-corrected chi connectivity index (χ2v) is 7.08. The summed E-state index contributed by atoms with van der Waals surface area (Å²) in [7, 11) is 0. The number of aliphatic carboxylic acids is 1. The van der Waals surface area contributed by atoms with Gasteiger partial charge in [0.15, 0.2) is 0 Å². The first-order valence-electron chi connectivity index (χ1n) is 5.48. The quantitative estimate of drug-likeness (QED) is 0.680. The van der Waals surface area contributed by atoms with E-state index in [9.17, 15) is 4.79 Å². The van der Waals surface area contributed by atoms with Crippen molar-refractivity contribution in [3.63, 3.8) is 0 Å². The van der Waals surface area contributed by atoms with E-state index in [0.717, 1.165) is 14.9 Å². The van der Waals surface area contributed by atoms with Gasteiger partial charge in [-0.3, -0.25) is 4.79 Å². The van der Waals surface area contributed by atoms with Crippen molar-refractivity contribution >= 4 is 56.3 Å². The third kappa shape index (κ3) is 4.50. The zero-order valence-corrected chi connectivity index (χ0v) is 14.3. The van der Waals surface area contributed by atoms with Gasteiger partial charge in [0.25, 0.3) is 0 Å². The maximum Gasteiger partial charge on any atom is 0.307 e. The number of rotatable bonds is 4. The smallest absolute Gasteiger partial charge is 0.307 e. The maximum atomic E-state index is 10.6. The molecule has 0 saturated heterocycles. The number of hydrogen-bond donors (Lipinski definition) is 1. The molecule has 1 N–H and O–H groups in total. The molecule has 0 spiro atoms. The molecule has 2 rings (SSSR count). The maximum absolute atomic E-state index is 10.6. The van der Waals surface area contributed by atoms with Crippen LogP contribution in [-0.4, -0.2) is 11.1 Å². The molecule has 0 radical (unpaired) electrons. The van der Waals surface area contributed by atoms with Crippen LogP contribution in [0.15, 0.2) is 56.7 Å². The molecule has 2 nitrogen and oxygen atoms in total. The van der Waals surface area contributed by atoms with Crippen molar-refractivity contribution in [1.29, 1.82) is 0 Å². The monoisotopic (exact) mass is 448 g/mol. The summed E-state index contributed by atoms with van der Waals surface area (Å²) in [5, 5.41) is 8.72. The standard InChI is InChI=1S/C14H10BrIO2S/c15-10-3-6-13(12(16)8-10)19-11-4-1-9(2-5-11)7-14(17)18/h1-6,8H,7H2,(H,17,18). The lowest BCUT2D eigenvalue weighted by atomic mass is 10.2. The molecule has 0 fully saturated rings. The molecule has 0 bridgehead atoms. The zero-order chi connectivity index (χ0) is 13.8. The van der Waals surface area contributed by atoms with E-state index in [4.69, 9.17) is 5.11 Å². The fraction of sp³-hybridized carbons (Fsp3) is 0.0714. The van der Waals surface area contributed by atoms with Crippen LogP contribution in [0.3, 0.4) is 0 Å². The van der Waals surface area contributed by atoms with Gasteiger partial charge >= 0.3 is 5.97 Å². The average molecular weight is 449 g/mol. The Morgan fingerprint density at radius 2 is 1.89 bits per heavy atom. The van der Waals surface area contributed by atoms with Crippen molar-refractivity contribution in [2.45, 2.75) is 16.2 Å². The molecule has 0 atom stereocenters. The summed E-state index contributed by atoms with van der Waals surface area (Å²) in [6.07, 6.45) is 0.0702. The van der Waals surface area contributed by atoms with Crippen LogP contribution in [0.25, 0.3) is 0 Å². The summed E-state index contributed by atoms with van der Waals surface area (Å²) >= 11 is 7.43. The normalized spacial score (nSPS) is 10.4. The number of carbonyl (C=O) groups is 1. The van der Waals surface area contributed by atoms with Crippen molar-refractivity contribution in [3.05, 3.63) is 56.1 Å². The van der Waals surface area contributed by atoms with E-state index in [1.54, 1.807) is 11.8 Å². The van der Waals surface area contributed by atoms with Gasteiger partial charge < -0.3 is 5.11 Å². The predicted molar refractivity (Wildman–Crippen MR) is 88.8 cm³/mol. The van der Waals surface area contributed by atoms with Crippen molar-refractivity contribution < 1.29 is 9.90 Å². The molecule has 0 aromatic heterocycles. The Labute approximate surface area is 137 Å². The van der Waals surface area contributed by atoms with Gasteiger partial charge in [-0.25, -0.2) is 0 Å². The third-order valence-electron chi connectivity index (χ3n) is 2.40. The molecule has 19 heavy (non-hydrogen) atoms. The van der Waals surface area contributed by atoms with E-state index in [2.05, 4.69) is 50.7 Å². The molecular weight excluding hydrogens is 439 g/mol. The highest BCUT2D eigenvalue weighted by Crippen LogP contribution is 2.32. The summed E-state index contributed by atoms with van der Waals surface area (Å²) < 4.78 is 2.25. The van der Waals surface area contributed by atoms with Gasteiger partial charge in [-0.2, -0.15) is 0 Å². The van der Waals surface area contributed by atoms with Crippen LogP contribution in [0, 0.1) is 3.57 Å². The van der Waals surface area contributed by atoms with Gasteiger partial charge in [-0.15, -0.1) is 0 Å². The van der Waals surface area contributed by atoms with Gasteiger partial charge in [-0.1, -0.05) is 39.8 Å². The van der Waals surface area contributed by atoms with Crippen molar-refractivity contribution in [2.75, 3.05) is 0 Å². The van der Waals surface area contributed by atoms with Crippen LogP contribution >= 0.6 is 50.3 Å². The van der Waals surface area contributed by atoms with Crippen molar-refractivity contribution in [2.24, 2.45) is 0 Å². The molecule has 2 aromatic rings. The lowest BCUT2D eigenvalue weighted by Gasteiger charge is -2.05. The molecule has 0 aliphatic carbocycles. The van der Waals surface area contributed by atoms with Gasteiger partial charge in [0.2, 0.25) is 0 Å². The first-order chi connectivity index (χ1) is 9.04. The molecule has 98 valence electrons. The van der Waals surface area contributed by atoms with Crippen LogP contribution < -0.4 is 0 Å². The van der Waals surface area contributed by atoms with E-state index in [1.807, 2.05) is 30.3 Å². The Balaban J connectivity index is 2.13. The molecule has 0 aliphatic rings. The summed E-state index contributed by atoms with van der Waals surface area (Å²) in [6, 6.07) is 13.8. The number of carboxylic acid groups (broad SMARTS) is 1. The van der Waals surface area contributed by atoms with E-state index >= 15 is 0 Å². The molecule has 2 aromatic carbocycles. The Kier molecular flexibility index (Phi) is 5.29. The SMILES string of the molecule is O=C(O)Cc1ccc(Sc2ccc(Br)cc2I)cc1. The van der Waals surface area contributed by atoms with Crippen LogP contribution in [0.4, 0.5) is 0 Å².